The highest BCUT2D eigenvalue weighted by Crippen LogP contribution is 2.12. The van der Waals surface area contributed by atoms with Crippen molar-refractivity contribution in [3.05, 3.63) is 41.2 Å². The van der Waals surface area contributed by atoms with Crippen molar-refractivity contribution in [2.45, 2.75) is 19.9 Å². The highest BCUT2D eigenvalue weighted by molar-refractivity contribution is 9.10. The summed E-state index contributed by atoms with van der Waals surface area (Å²) >= 11 is 3.25. The fourth-order valence-electron chi connectivity index (χ4n) is 1.37. The summed E-state index contributed by atoms with van der Waals surface area (Å²) < 4.78 is 0.667. The minimum absolute atomic E-state index is 0.00185. The van der Waals surface area contributed by atoms with Crippen LogP contribution in [-0.2, 0) is 0 Å². The number of nitrogens with zero attached hydrogens (tertiary/aromatic N) is 2. The lowest BCUT2D eigenvalue weighted by Crippen LogP contribution is -2.37. The SMILES string of the molecule is C=CCN(C(=O)c1ccnc(Br)c1)C(C)C. The van der Waals surface area contributed by atoms with Gasteiger partial charge in [0, 0.05) is 24.3 Å². The van der Waals surface area contributed by atoms with E-state index in [2.05, 4.69) is 27.5 Å². The number of halogens is 1. The molecule has 0 spiro atoms. The van der Waals surface area contributed by atoms with Crippen LogP contribution in [0.4, 0.5) is 0 Å². The van der Waals surface area contributed by atoms with Crippen LogP contribution in [0, 0.1) is 0 Å². The molecule has 0 aromatic carbocycles. The molecule has 3 nitrogen and oxygen atoms in total. The van der Waals surface area contributed by atoms with Gasteiger partial charge in [0.2, 0.25) is 0 Å². The number of hydrogen-bond acceptors (Lipinski definition) is 2. The zero-order chi connectivity index (χ0) is 12.1. The van der Waals surface area contributed by atoms with Crippen molar-refractivity contribution in [3.63, 3.8) is 0 Å². The van der Waals surface area contributed by atoms with Gasteiger partial charge < -0.3 is 4.90 Å². The first kappa shape index (κ1) is 12.9. The van der Waals surface area contributed by atoms with Gasteiger partial charge in [0.15, 0.2) is 0 Å². The largest absolute Gasteiger partial charge is 0.333 e. The molecule has 0 bridgehead atoms. The molecule has 0 saturated heterocycles. The Labute approximate surface area is 104 Å². The van der Waals surface area contributed by atoms with Crippen LogP contribution in [-0.4, -0.2) is 28.4 Å². The molecule has 0 fully saturated rings. The first-order valence-corrected chi connectivity index (χ1v) is 5.89. The molecule has 86 valence electrons. The minimum Gasteiger partial charge on any atom is -0.333 e. The normalized spacial score (nSPS) is 10.2. The first-order valence-electron chi connectivity index (χ1n) is 5.09. The van der Waals surface area contributed by atoms with E-state index in [1.165, 1.54) is 0 Å². The Morgan fingerprint density at radius 1 is 1.69 bits per heavy atom. The van der Waals surface area contributed by atoms with Crippen LogP contribution >= 0.6 is 15.9 Å². The van der Waals surface area contributed by atoms with Crippen molar-refractivity contribution in [1.29, 1.82) is 0 Å². The third-order valence-electron chi connectivity index (χ3n) is 2.18. The molecule has 0 N–H and O–H groups in total. The molecule has 1 amide bonds. The summed E-state index contributed by atoms with van der Waals surface area (Å²) in [7, 11) is 0. The van der Waals surface area contributed by atoms with Gasteiger partial charge in [-0.2, -0.15) is 0 Å². The molecule has 1 heterocycles. The van der Waals surface area contributed by atoms with Crippen molar-refractivity contribution in [2.75, 3.05) is 6.54 Å². The van der Waals surface area contributed by atoms with E-state index in [4.69, 9.17) is 0 Å². The highest BCUT2D eigenvalue weighted by Gasteiger charge is 2.17. The van der Waals surface area contributed by atoms with Crippen LogP contribution in [0.1, 0.15) is 24.2 Å². The van der Waals surface area contributed by atoms with E-state index in [0.29, 0.717) is 16.7 Å². The fourth-order valence-corrected chi connectivity index (χ4v) is 1.73. The van der Waals surface area contributed by atoms with E-state index in [0.717, 1.165) is 0 Å². The molecule has 1 aromatic rings. The molecule has 0 aliphatic rings. The van der Waals surface area contributed by atoms with Crippen LogP contribution < -0.4 is 0 Å². The van der Waals surface area contributed by atoms with Crippen LogP contribution in [0.2, 0.25) is 0 Å². The Kier molecular flexibility index (Phi) is 4.68. The van der Waals surface area contributed by atoms with E-state index in [9.17, 15) is 4.79 Å². The average molecular weight is 283 g/mol. The maximum Gasteiger partial charge on any atom is 0.254 e. The molecule has 0 unspecified atom stereocenters. The summed E-state index contributed by atoms with van der Waals surface area (Å²) in [5.74, 6) is -0.00185. The predicted octanol–water partition coefficient (Wildman–Crippen LogP) is 2.88. The molecule has 0 saturated carbocycles. The van der Waals surface area contributed by atoms with Gasteiger partial charge in [0.25, 0.3) is 5.91 Å². The molecule has 16 heavy (non-hydrogen) atoms. The van der Waals surface area contributed by atoms with Crippen molar-refractivity contribution in [2.24, 2.45) is 0 Å². The molecule has 0 atom stereocenters. The number of hydrogen-bond donors (Lipinski definition) is 0. The second-order valence-corrected chi connectivity index (χ2v) is 4.52. The molecule has 0 radical (unpaired) electrons. The topological polar surface area (TPSA) is 33.2 Å². The first-order chi connectivity index (χ1) is 7.56. The lowest BCUT2D eigenvalue weighted by Gasteiger charge is -2.25. The second-order valence-electron chi connectivity index (χ2n) is 3.71. The van der Waals surface area contributed by atoms with Gasteiger partial charge in [-0.25, -0.2) is 4.98 Å². The van der Waals surface area contributed by atoms with E-state index >= 15 is 0 Å². The predicted molar refractivity (Wildman–Crippen MR) is 68.3 cm³/mol. The van der Waals surface area contributed by atoms with Crippen LogP contribution in [0.3, 0.4) is 0 Å². The summed E-state index contributed by atoms with van der Waals surface area (Å²) in [5, 5.41) is 0. The summed E-state index contributed by atoms with van der Waals surface area (Å²) in [6.07, 6.45) is 3.35. The van der Waals surface area contributed by atoms with E-state index in [-0.39, 0.29) is 11.9 Å². The van der Waals surface area contributed by atoms with E-state index < -0.39 is 0 Å². The van der Waals surface area contributed by atoms with Gasteiger partial charge in [-0.15, -0.1) is 6.58 Å². The number of carbonyl (C=O) groups is 1. The fraction of sp³-hybridized carbons (Fsp3) is 0.333. The maximum absolute atomic E-state index is 12.2. The smallest absolute Gasteiger partial charge is 0.254 e. The second kappa shape index (κ2) is 5.80. The number of amides is 1. The van der Waals surface area contributed by atoms with Crippen molar-refractivity contribution < 1.29 is 4.79 Å². The molecule has 0 aliphatic heterocycles. The minimum atomic E-state index is -0.00185. The third-order valence-corrected chi connectivity index (χ3v) is 2.62. The van der Waals surface area contributed by atoms with Gasteiger partial charge in [-0.1, -0.05) is 6.08 Å². The molecule has 0 aliphatic carbocycles. The number of pyridine rings is 1. The number of carbonyl (C=O) groups excluding carboxylic acids is 1. The number of rotatable bonds is 4. The molecule has 1 rings (SSSR count). The third kappa shape index (κ3) is 3.17. The number of aromatic nitrogens is 1. The monoisotopic (exact) mass is 282 g/mol. The van der Waals surface area contributed by atoms with Gasteiger partial charge in [-0.3, -0.25) is 4.79 Å². The highest BCUT2D eigenvalue weighted by atomic mass is 79.9. The average Bonchev–Trinajstić information content (AvgIpc) is 2.24. The molecular weight excluding hydrogens is 268 g/mol. The zero-order valence-corrected chi connectivity index (χ0v) is 11.1. The van der Waals surface area contributed by atoms with Gasteiger partial charge in [-0.05, 0) is 41.9 Å². The quantitative estimate of drug-likeness (QED) is 0.629. The Morgan fingerprint density at radius 3 is 2.88 bits per heavy atom. The van der Waals surface area contributed by atoms with Gasteiger partial charge in [0.05, 0.1) is 0 Å². The van der Waals surface area contributed by atoms with Crippen LogP contribution in [0.5, 0.6) is 0 Å². The summed E-state index contributed by atoms with van der Waals surface area (Å²) in [6.45, 7) is 8.18. The maximum atomic E-state index is 12.2. The van der Waals surface area contributed by atoms with Crippen molar-refractivity contribution >= 4 is 21.8 Å². The molecule has 4 heteroatoms. The van der Waals surface area contributed by atoms with Crippen LogP contribution in [0.25, 0.3) is 0 Å². The lowest BCUT2D eigenvalue weighted by molar-refractivity contribution is 0.0728. The Morgan fingerprint density at radius 2 is 2.38 bits per heavy atom. The van der Waals surface area contributed by atoms with Crippen molar-refractivity contribution in [1.82, 2.24) is 9.88 Å². The lowest BCUT2D eigenvalue weighted by atomic mass is 10.2. The zero-order valence-electron chi connectivity index (χ0n) is 9.48. The van der Waals surface area contributed by atoms with E-state index in [1.54, 1.807) is 29.3 Å². The molecule has 1 aromatic heterocycles. The van der Waals surface area contributed by atoms with Gasteiger partial charge >= 0.3 is 0 Å². The van der Waals surface area contributed by atoms with Gasteiger partial charge in [0.1, 0.15) is 4.60 Å². The van der Waals surface area contributed by atoms with Crippen LogP contribution in [0.15, 0.2) is 35.6 Å². The standard InChI is InChI=1S/C12H15BrN2O/c1-4-7-15(9(2)3)12(16)10-5-6-14-11(13)8-10/h4-6,8-9H,1,7H2,2-3H3. The summed E-state index contributed by atoms with van der Waals surface area (Å²) in [4.78, 5) is 17.9. The Bertz CT molecular complexity index is 390. The Balaban J connectivity index is 2.94. The Hall–Kier alpha value is -1.16. The van der Waals surface area contributed by atoms with E-state index in [1.807, 2.05) is 13.8 Å². The summed E-state index contributed by atoms with van der Waals surface area (Å²) in [6, 6.07) is 3.59. The van der Waals surface area contributed by atoms with Crippen molar-refractivity contribution in [3.8, 4) is 0 Å². The summed E-state index contributed by atoms with van der Waals surface area (Å²) in [5.41, 5.74) is 0.637. The molecular formula is C12H15BrN2O.